The van der Waals surface area contributed by atoms with Crippen LogP contribution in [0.2, 0.25) is 5.02 Å². The van der Waals surface area contributed by atoms with E-state index in [0.717, 1.165) is 16.8 Å². The lowest BCUT2D eigenvalue weighted by molar-refractivity contribution is 0.0696. The Labute approximate surface area is 181 Å². The number of carbonyl (C=O) groups is 1. The lowest BCUT2D eigenvalue weighted by Gasteiger charge is -2.15. The molecule has 30 heavy (non-hydrogen) atoms. The van der Waals surface area contributed by atoms with Crippen molar-refractivity contribution in [1.82, 2.24) is 0 Å². The normalized spacial score (nSPS) is 10.5. The number of benzene rings is 3. The molecule has 0 saturated carbocycles. The van der Waals surface area contributed by atoms with Gasteiger partial charge in [0.1, 0.15) is 6.61 Å². The molecular weight excluding hydrogens is 402 g/mol. The molecule has 5 nitrogen and oxygen atoms in total. The van der Waals surface area contributed by atoms with Crippen molar-refractivity contribution in [3.05, 3.63) is 87.9 Å². The molecule has 0 aliphatic heterocycles. The molecule has 6 heteroatoms. The van der Waals surface area contributed by atoms with Crippen LogP contribution in [0.15, 0.2) is 60.7 Å². The van der Waals surface area contributed by atoms with E-state index >= 15 is 0 Å². The van der Waals surface area contributed by atoms with Gasteiger partial charge in [0.05, 0.1) is 12.2 Å². The fraction of sp³-hybridized carbons (Fsp3) is 0.208. The number of hydrogen-bond acceptors (Lipinski definition) is 4. The lowest BCUT2D eigenvalue weighted by Crippen LogP contribution is -2.06. The molecular formula is C24H24ClNO4. The van der Waals surface area contributed by atoms with Crippen LogP contribution in [0.3, 0.4) is 0 Å². The fourth-order valence-electron chi connectivity index (χ4n) is 3.09. The van der Waals surface area contributed by atoms with E-state index in [1.54, 1.807) is 19.1 Å². The van der Waals surface area contributed by atoms with Crippen molar-refractivity contribution in [3.8, 4) is 11.5 Å². The van der Waals surface area contributed by atoms with Crippen molar-refractivity contribution >= 4 is 23.3 Å². The van der Waals surface area contributed by atoms with E-state index in [4.69, 9.17) is 21.1 Å². The van der Waals surface area contributed by atoms with Crippen LogP contribution in [0.25, 0.3) is 0 Å². The van der Waals surface area contributed by atoms with Crippen molar-refractivity contribution < 1.29 is 19.4 Å². The summed E-state index contributed by atoms with van der Waals surface area (Å²) in [5.74, 6) is 0.385. The number of carboxylic acid groups (broad SMARTS) is 1. The third-order valence-electron chi connectivity index (χ3n) is 4.64. The Hall–Kier alpha value is -3.18. The van der Waals surface area contributed by atoms with E-state index in [0.29, 0.717) is 47.4 Å². The van der Waals surface area contributed by atoms with Gasteiger partial charge in [0.2, 0.25) is 0 Å². The molecule has 3 aromatic rings. The van der Waals surface area contributed by atoms with Crippen molar-refractivity contribution in [2.24, 2.45) is 0 Å². The zero-order valence-electron chi connectivity index (χ0n) is 16.9. The van der Waals surface area contributed by atoms with Crippen LogP contribution in [0.1, 0.15) is 34.0 Å². The maximum Gasteiger partial charge on any atom is 0.336 e. The summed E-state index contributed by atoms with van der Waals surface area (Å²) in [6.07, 6.45) is 0. The maximum atomic E-state index is 11.3. The van der Waals surface area contributed by atoms with E-state index in [1.807, 2.05) is 55.5 Å². The van der Waals surface area contributed by atoms with Crippen LogP contribution in [-0.2, 0) is 13.2 Å². The maximum absolute atomic E-state index is 11.3. The van der Waals surface area contributed by atoms with E-state index in [-0.39, 0.29) is 0 Å². The molecule has 0 unspecified atom stereocenters. The third-order valence-corrected chi connectivity index (χ3v) is 4.87. The van der Waals surface area contributed by atoms with Gasteiger partial charge >= 0.3 is 5.97 Å². The first kappa shape index (κ1) is 21.5. The van der Waals surface area contributed by atoms with Crippen molar-refractivity contribution in [3.63, 3.8) is 0 Å². The van der Waals surface area contributed by atoms with Gasteiger partial charge in [-0.15, -0.1) is 0 Å². The molecule has 0 bridgehead atoms. The molecule has 2 N–H and O–H groups in total. The zero-order chi connectivity index (χ0) is 21.5. The van der Waals surface area contributed by atoms with Crippen LogP contribution >= 0.6 is 11.6 Å². The van der Waals surface area contributed by atoms with Gasteiger partial charge in [-0.2, -0.15) is 0 Å². The molecule has 0 aliphatic rings. The molecule has 0 aromatic heterocycles. The molecule has 0 aliphatic carbocycles. The van der Waals surface area contributed by atoms with Crippen LogP contribution in [0.5, 0.6) is 11.5 Å². The second-order valence-corrected chi connectivity index (χ2v) is 7.21. The average Bonchev–Trinajstić information content (AvgIpc) is 2.72. The second kappa shape index (κ2) is 10.0. The Morgan fingerprint density at radius 2 is 1.80 bits per heavy atom. The molecule has 0 atom stereocenters. The van der Waals surface area contributed by atoms with Crippen LogP contribution in [0.4, 0.5) is 5.69 Å². The monoisotopic (exact) mass is 425 g/mol. The van der Waals surface area contributed by atoms with Crippen LogP contribution in [-0.4, -0.2) is 17.7 Å². The summed E-state index contributed by atoms with van der Waals surface area (Å²) in [5, 5.41) is 13.3. The highest BCUT2D eigenvalue weighted by Gasteiger charge is 2.11. The van der Waals surface area contributed by atoms with Gasteiger partial charge in [0, 0.05) is 17.3 Å². The van der Waals surface area contributed by atoms with Gasteiger partial charge in [-0.25, -0.2) is 4.79 Å². The summed E-state index contributed by atoms with van der Waals surface area (Å²) in [7, 11) is 0. The van der Waals surface area contributed by atoms with E-state index < -0.39 is 5.97 Å². The fourth-order valence-corrected chi connectivity index (χ4v) is 3.31. The highest BCUT2D eigenvalue weighted by atomic mass is 35.5. The Kier molecular flexibility index (Phi) is 7.20. The minimum absolute atomic E-state index is 0.291. The number of halogens is 1. The molecule has 3 aromatic carbocycles. The summed E-state index contributed by atoms with van der Waals surface area (Å²) in [6, 6.07) is 18.5. The molecule has 0 amide bonds. The first-order valence-electron chi connectivity index (χ1n) is 9.67. The first-order chi connectivity index (χ1) is 14.5. The van der Waals surface area contributed by atoms with E-state index in [2.05, 4.69) is 5.32 Å². The number of nitrogens with one attached hydrogen (secondary N) is 1. The van der Waals surface area contributed by atoms with Gasteiger partial charge in [-0.3, -0.25) is 0 Å². The highest BCUT2D eigenvalue weighted by Crippen LogP contribution is 2.30. The minimum Gasteiger partial charge on any atom is -0.490 e. The zero-order valence-corrected chi connectivity index (χ0v) is 17.7. The molecule has 0 fully saturated rings. The summed E-state index contributed by atoms with van der Waals surface area (Å²) >= 11 is 6.03. The predicted molar refractivity (Wildman–Crippen MR) is 119 cm³/mol. The lowest BCUT2D eigenvalue weighted by atomic mass is 10.1. The van der Waals surface area contributed by atoms with Gasteiger partial charge in [-0.05, 0) is 66.9 Å². The summed E-state index contributed by atoms with van der Waals surface area (Å²) in [6.45, 7) is 5.15. The molecule has 0 heterocycles. The molecule has 0 spiro atoms. The topological polar surface area (TPSA) is 67.8 Å². The van der Waals surface area contributed by atoms with E-state index in [9.17, 15) is 9.90 Å². The van der Waals surface area contributed by atoms with Crippen LogP contribution in [0, 0.1) is 6.92 Å². The minimum atomic E-state index is -0.934. The Balaban J connectivity index is 1.72. The molecule has 0 radical (unpaired) electrons. The number of carboxylic acids is 1. The second-order valence-electron chi connectivity index (χ2n) is 6.77. The van der Waals surface area contributed by atoms with Gasteiger partial charge in [0.25, 0.3) is 0 Å². The first-order valence-corrected chi connectivity index (χ1v) is 10.1. The van der Waals surface area contributed by atoms with Crippen molar-refractivity contribution in [1.29, 1.82) is 0 Å². The molecule has 0 saturated heterocycles. The molecule has 3 rings (SSSR count). The standard InChI is InChI=1S/C24H24ClNO4/c1-3-29-23-13-17(14-26-21-9-5-8-20(16(21)2)24(27)28)10-11-22(23)30-15-18-6-4-7-19(25)12-18/h4-13,26H,3,14-15H2,1-2H3,(H,27,28). The number of anilines is 1. The highest BCUT2D eigenvalue weighted by molar-refractivity contribution is 6.30. The number of ether oxygens (including phenoxy) is 2. The van der Waals surface area contributed by atoms with Crippen molar-refractivity contribution in [2.45, 2.75) is 27.0 Å². The smallest absolute Gasteiger partial charge is 0.336 e. The number of hydrogen-bond donors (Lipinski definition) is 2. The van der Waals surface area contributed by atoms with Gasteiger partial charge in [0.15, 0.2) is 11.5 Å². The van der Waals surface area contributed by atoms with Crippen LogP contribution < -0.4 is 14.8 Å². The van der Waals surface area contributed by atoms with Crippen molar-refractivity contribution in [2.75, 3.05) is 11.9 Å². The Morgan fingerprint density at radius 3 is 2.53 bits per heavy atom. The Morgan fingerprint density at radius 1 is 1.00 bits per heavy atom. The average molecular weight is 426 g/mol. The summed E-state index contributed by atoms with van der Waals surface area (Å²) < 4.78 is 11.7. The Bertz CT molecular complexity index is 1040. The summed E-state index contributed by atoms with van der Waals surface area (Å²) in [4.78, 5) is 11.3. The number of aromatic carboxylic acids is 1. The predicted octanol–water partition coefficient (Wildman–Crippen LogP) is 5.94. The quantitative estimate of drug-likeness (QED) is 0.444. The summed E-state index contributed by atoms with van der Waals surface area (Å²) in [5.41, 5.74) is 3.75. The number of rotatable bonds is 9. The van der Waals surface area contributed by atoms with Gasteiger partial charge < -0.3 is 19.9 Å². The van der Waals surface area contributed by atoms with Gasteiger partial charge in [-0.1, -0.05) is 35.9 Å². The van der Waals surface area contributed by atoms with E-state index in [1.165, 1.54) is 0 Å². The largest absolute Gasteiger partial charge is 0.490 e. The SMILES string of the molecule is CCOc1cc(CNc2cccc(C(=O)O)c2C)ccc1OCc1cccc(Cl)c1. The molecule has 156 valence electrons. The third kappa shape index (κ3) is 5.45.